The zero-order valence-electron chi connectivity index (χ0n) is 19.4. The number of fused-ring (bicyclic) bond motifs is 4. The number of carboxylic acid groups (broad SMARTS) is 1. The van der Waals surface area contributed by atoms with Crippen LogP contribution in [0.3, 0.4) is 0 Å². The zero-order chi connectivity index (χ0) is 24.1. The van der Waals surface area contributed by atoms with Crippen LogP contribution in [0, 0.1) is 0 Å². The molecule has 174 valence electrons. The molecule has 0 fully saturated rings. The number of nitrogens with zero attached hydrogens (tertiary/aromatic N) is 2. The summed E-state index contributed by atoms with van der Waals surface area (Å²) in [6.07, 6.45) is 2.11. The van der Waals surface area contributed by atoms with Gasteiger partial charge in [-0.25, -0.2) is 0 Å². The van der Waals surface area contributed by atoms with E-state index in [4.69, 9.17) is 19.6 Å². The van der Waals surface area contributed by atoms with Gasteiger partial charge in [0.25, 0.3) is 0 Å². The van der Waals surface area contributed by atoms with Crippen molar-refractivity contribution in [1.29, 1.82) is 0 Å². The van der Waals surface area contributed by atoms with Gasteiger partial charge in [-0.3, -0.25) is 14.6 Å². The molecule has 0 aliphatic carbocycles. The topological polar surface area (TPSA) is 88.4 Å². The number of hydrogen-bond acceptors (Lipinski definition) is 6. The van der Waals surface area contributed by atoms with Crippen LogP contribution in [0.15, 0.2) is 59.6 Å². The van der Waals surface area contributed by atoms with Gasteiger partial charge in [0.2, 0.25) is 5.72 Å². The Kier molecular flexibility index (Phi) is 5.08. The maximum absolute atomic E-state index is 12.2. The number of ether oxygens (including phenoxy) is 2. The van der Waals surface area contributed by atoms with Gasteiger partial charge in [0.1, 0.15) is 17.2 Å². The highest BCUT2D eigenvalue weighted by atomic mass is 16.5. The number of aliphatic carboxylic acids is 1. The lowest BCUT2D eigenvalue weighted by atomic mass is 9.77. The lowest BCUT2D eigenvalue weighted by Crippen LogP contribution is -2.61. The first kappa shape index (κ1) is 21.9. The van der Waals surface area contributed by atoms with Gasteiger partial charge in [-0.15, -0.1) is 0 Å². The molecule has 1 atom stereocenters. The fourth-order valence-electron chi connectivity index (χ4n) is 4.97. The number of esters is 1. The van der Waals surface area contributed by atoms with Gasteiger partial charge in [-0.1, -0.05) is 30.3 Å². The van der Waals surface area contributed by atoms with Crippen LogP contribution in [-0.2, 0) is 15.0 Å². The van der Waals surface area contributed by atoms with E-state index in [1.807, 2.05) is 55.7 Å². The Labute approximate surface area is 197 Å². The van der Waals surface area contributed by atoms with E-state index >= 15 is 0 Å². The van der Waals surface area contributed by atoms with Gasteiger partial charge in [0.15, 0.2) is 0 Å². The fourth-order valence-corrected chi connectivity index (χ4v) is 4.97. The normalized spacial score (nSPS) is 19.6. The Bertz CT molecular complexity index is 1350. The Morgan fingerprint density at radius 1 is 1.09 bits per heavy atom. The van der Waals surface area contributed by atoms with E-state index in [0.29, 0.717) is 5.75 Å². The Morgan fingerprint density at radius 2 is 1.88 bits per heavy atom. The summed E-state index contributed by atoms with van der Waals surface area (Å²) in [5, 5.41) is 10.9. The fraction of sp³-hybridized carbons (Fsp3) is 0.296. The number of hydrogen-bond donors (Lipinski definition) is 1. The van der Waals surface area contributed by atoms with Crippen LogP contribution >= 0.6 is 0 Å². The van der Waals surface area contributed by atoms with Gasteiger partial charge in [0.05, 0.1) is 11.6 Å². The van der Waals surface area contributed by atoms with Gasteiger partial charge in [-0.2, -0.15) is 0 Å². The summed E-state index contributed by atoms with van der Waals surface area (Å²) in [6.45, 7) is 4.18. The SMILES string of the molecule is CN1c2ccc(OC(=O)CCCC(=O)O)cc2C(C)(C)C12C=Nc1c(ccc3ccccc13)O2. The maximum atomic E-state index is 12.2. The van der Waals surface area contributed by atoms with Crippen LogP contribution in [0.5, 0.6) is 11.5 Å². The molecule has 5 rings (SSSR count). The van der Waals surface area contributed by atoms with E-state index in [-0.39, 0.29) is 19.3 Å². The number of rotatable bonds is 5. The highest BCUT2D eigenvalue weighted by Gasteiger charge is 2.58. The number of benzene rings is 3. The summed E-state index contributed by atoms with van der Waals surface area (Å²) < 4.78 is 12.2. The molecule has 3 aromatic rings. The van der Waals surface area contributed by atoms with Crippen molar-refractivity contribution in [2.45, 2.75) is 44.2 Å². The summed E-state index contributed by atoms with van der Waals surface area (Å²) in [4.78, 5) is 29.8. The van der Waals surface area contributed by atoms with E-state index in [9.17, 15) is 9.59 Å². The molecule has 0 radical (unpaired) electrons. The van der Waals surface area contributed by atoms with E-state index in [0.717, 1.165) is 33.5 Å². The monoisotopic (exact) mass is 458 g/mol. The van der Waals surface area contributed by atoms with Gasteiger partial charge < -0.3 is 19.5 Å². The molecular formula is C27H26N2O5. The third-order valence-corrected chi connectivity index (χ3v) is 6.90. The van der Waals surface area contributed by atoms with Crippen molar-refractivity contribution in [2.75, 3.05) is 11.9 Å². The van der Waals surface area contributed by atoms with Crippen molar-refractivity contribution in [1.82, 2.24) is 0 Å². The largest absolute Gasteiger partial charge is 0.481 e. The predicted molar refractivity (Wildman–Crippen MR) is 130 cm³/mol. The predicted octanol–water partition coefficient (Wildman–Crippen LogP) is 5.22. The molecule has 2 heterocycles. The molecule has 1 N–H and O–H groups in total. The third kappa shape index (κ3) is 3.31. The first-order valence-electron chi connectivity index (χ1n) is 11.3. The maximum Gasteiger partial charge on any atom is 0.311 e. The number of carboxylic acids is 1. The average molecular weight is 459 g/mol. The molecule has 0 saturated heterocycles. The highest BCUT2D eigenvalue weighted by molar-refractivity contribution is 5.99. The number of likely N-dealkylation sites (N-methyl/N-ethyl adjacent to an activating group) is 1. The molecule has 1 unspecified atom stereocenters. The molecule has 0 aromatic heterocycles. The molecule has 1 spiro atoms. The zero-order valence-corrected chi connectivity index (χ0v) is 19.4. The standard InChI is InChI=1S/C27H26N2O5/c1-26(2)20-15-18(33-24(32)10-6-9-23(30)31)12-13-21(20)29(3)27(26)16-28-25-19-8-5-4-7-17(19)11-14-22(25)34-27/h4-5,7-8,11-16H,6,9-10H2,1-3H3,(H,30,31). The molecule has 7 heteroatoms. The summed E-state index contributed by atoms with van der Waals surface area (Å²) in [6, 6.07) is 17.6. The second-order valence-corrected chi connectivity index (χ2v) is 9.27. The Morgan fingerprint density at radius 3 is 2.68 bits per heavy atom. The van der Waals surface area contributed by atoms with Crippen molar-refractivity contribution >= 4 is 40.3 Å². The van der Waals surface area contributed by atoms with Crippen molar-refractivity contribution in [3.05, 3.63) is 60.2 Å². The molecule has 0 bridgehead atoms. The first-order valence-corrected chi connectivity index (χ1v) is 11.3. The van der Waals surface area contributed by atoms with Crippen LogP contribution < -0.4 is 14.4 Å². The molecule has 3 aromatic carbocycles. The Balaban J connectivity index is 1.45. The number of carbonyl (C=O) groups is 2. The minimum absolute atomic E-state index is 0.0527. The van der Waals surface area contributed by atoms with Crippen molar-refractivity contribution in [3.63, 3.8) is 0 Å². The minimum Gasteiger partial charge on any atom is -0.481 e. The molecular weight excluding hydrogens is 432 g/mol. The summed E-state index contributed by atoms with van der Waals surface area (Å²) in [5.74, 6) is -0.226. The van der Waals surface area contributed by atoms with Gasteiger partial charge in [-0.05, 0) is 55.5 Å². The van der Waals surface area contributed by atoms with Crippen molar-refractivity contribution in [3.8, 4) is 11.5 Å². The van der Waals surface area contributed by atoms with E-state index in [1.165, 1.54) is 0 Å². The summed E-state index contributed by atoms with van der Waals surface area (Å²) in [7, 11) is 1.98. The quantitative estimate of drug-likeness (QED) is 0.417. The number of anilines is 1. The van der Waals surface area contributed by atoms with Crippen LogP contribution in [0.2, 0.25) is 0 Å². The first-order chi connectivity index (χ1) is 16.2. The molecule has 0 saturated carbocycles. The second kappa shape index (κ2) is 7.87. The smallest absolute Gasteiger partial charge is 0.311 e. The molecule has 7 nitrogen and oxygen atoms in total. The minimum atomic E-state index is -0.927. The second-order valence-electron chi connectivity index (χ2n) is 9.27. The van der Waals surface area contributed by atoms with E-state index in [1.54, 1.807) is 6.07 Å². The molecule has 2 aliphatic heterocycles. The average Bonchev–Trinajstić information content (AvgIpc) is 2.96. The van der Waals surface area contributed by atoms with Gasteiger partial charge in [0, 0.05) is 31.0 Å². The number of carbonyl (C=O) groups excluding carboxylic acids is 1. The van der Waals surface area contributed by atoms with Crippen LogP contribution in [0.25, 0.3) is 10.8 Å². The molecule has 0 amide bonds. The van der Waals surface area contributed by atoms with Crippen LogP contribution in [-0.4, -0.2) is 36.0 Å². The summed E-state index contributed by atoms with van der Waals surface area (Å²) in [5.41, 5.74) is 1.39. The third-order valence-electron chi connectivity index (χ3n) is 6.90. The van der Waals surface area contributed by atoms with E-state index < -0.39 is 23.1 Å². The van der Waals surface area contributed by atoms with Crippen LogP contribution in [0.1, 0.15) is 38.7 Å². The van der Waals surface area contributed by atoms with E-state index in [2.05, 4.69) is 24.8 Å². The number of aliphatic imine (C=N–C) groups is 1. The Hall–Kier alpha value is -3.87. The molecule has 2 aliphatic rings. The highest BCUT2D eigenvalue weighted by Crippen LogP contribution is 2.54. The van der Waals surface area contributed by atoms with Crippen molar-refractivity contribution in [2.24, 2.45) is 4.99 Å². The lowest BCUT2D eigenvalue weighted by molar-refractivity contribution is -0.137. The lowest BCUT2D eigenvalue weighted by Gasteiger charge is -2.44. The van der Waals surface area contributed by atoms with Gasteiger partial charge >= 0.3 is 11.9 Å². The summed E-state index contributed by atoms with van der Waals surface area (Å²) >= 11 is 0. The van der Waals surface area contributed by atoms with Crippen molar-refractivity contribution < 1.29 is 24.2 Å². The van der Waals surface area contributed by atoms with Crippen LogP contribution in [0.4, 0.5) is 11.4 Å². The molecule has 34 heavy (non-hydrogen) atoms.